The minimum absolute atomic E-state index is 0. The van der Waals surface area contributed by atoms with Gasteiger partial charge in [0, 0.05) is 18.8 Å². The molecule has 1 rings (SSSR count). The zero-order valence-corrected chi connectivity index (χ0v) is 12.5. The summed E-state index contributed by atoms with van der Waals surface area (Å²) in [5, 5.41) is 5.61. The zero-order valence-electron chi connectivity index (χ0n) is 10.9. The second-order valence-corrected chi connectivity index (χ2v) is 4.05. The molecule has 0 aromatic carbocycles. The van der Waals surface area contributed by atoms with E-state index in [1.165, 1.54) is 0 Å². The van der Waals surface area contributed by atoms with E-state index < -0.39 is 5.91 Å². The molecule has 0 atom stereocenters. The number of carbonyl (C=O) groups is 2. The molecule has 1 aromatic heterocycles. The van der Waals surface area contributed by atoms with Crippen molar-refractivity contribution in [1.29, 1.82) is 0 Å². The van der Waals surface area contributed by atoms with Gasteiger partial charge in [-0.05, 0) is 19.1 Å². The minimum Gasteiger partial charge on any atom is -0.412 e. The quantitative estimate of drug-likeness (QED) is 0.478. The average molecular weight is 325 g/mol. The van der Waals surface area contributed by atoms with Crippen LogP contribution in [0.4, 0.5) is 0 Å². The summed E-state index contributed by atoms with van der Waals surface area (Å²) in [5.41, 5.74) is 6.03. The second kappa shape index (κ2) is 10.4. The maximum Gasteiger partial charge on any atom is 0.254 e. The Morgan fingerprint density at radius 3 is 2.55 bits per heavy atom. The van der Waals surface area contributed by atoms with E-state index in [2.05, 4.69) is 15.6 Å². The number of pyridine rings is 1. The van der Waals surface area contributed by atoms with Gasteiger partial charge in [0.2, 0.25) is 5.91 Å². The number of primary amides is 1. The highest BCUT2D eigenvalue weighted by Gasteiger charge is 2.10. The van der Waals surface area contributed by atoms with Gasteiger partial charge in [-0.25, -0.2) is 4.98 Å². The topological polar surface area (TPSA) is 129 Å². The standard InChI is InChI=1S/C11H15ClN4O2.ClH.H2O/c1-7-2-3-8(10(12)16-7)11(18)15-5-4-14-6-9(13)17;;/h2-3,14H,4-6H2,1H3,(H2,13,17)(H,15,18);1H;1H2. The van der Waals surface area contributed by atoms with Gasteiger partial charge >= 0.3 is 0 Å². The molecule has 114 valence electrons. The fraction of sp³-hybridized carbons (Fsp3) is 0.364. The van der Waals surface area contributed by atoms with Crippen LogP contribution in [0, 0.1) is 6.92 Å². The van der Waals surface area contributed by atoms with E-state index in [9.17, 15) is 9.59 Å². The predicted octanol–water partition coefficient (Wildman–Crippen LogP) is -0.555. The van der Waals surface area contributed by atoms with Gasteiger partial charge in [-0.2, -0.15) is 0 Å². The van der Waals surface area contributed by atoms with E-state index in [4.69, 9.17) is 17.3 Å². The molecule has 0 bridgehead atoms. The summed E-state index contributed by atoms with van der Waals surface area (Å²) in [6, 6.07) is 3.34. The first kappa shape index (κ1) is 20.9. The van der Waals surface area contributed by atoms with Crippen LogP contribution in [0.25, 0.3) is 0 Å². The molecular weight excluding hydrogens is 307 g/mol. The van der Waals surface area contributed by atoms with E-state index in [1.54, 1.807) is 19.1 Å². The third-order valence-corrected chi connectivity index (χ3v) is 2.41. The number of nitrogens with zero attached hydrogens (tertiary/aromatic N) is 1. The average Bonchev–Trinajstić information content (AvgIpc) is 2.27. The summed E-state index contributed by atoms with van der Waals surface area (Å²) >= 11 is 5.86. The predicted molar refractivity (Wildman–Crippen MR) is 79.2 cm³/mol. The van der Waals surface area contributed by atoms with Crippen LogP contribution >= 0.6 is 24.0 Å². The molecule has 1 aromatic rings. The molecule has 0 aliphatic carbocycles. The number of aryl methyl sites for hydroxylation is 1. The first-order valence-corrected chi connectivity index (χ1v) is 5.79. The molecule has 0 aliphatic heterocycles. The Kier molecular flexibility index (Phi) is 10.9. The van der Waals surface area contributed by atoms with E-state index in [0.717, 1.165) is 5.69 Å². The molecule has 20 heavy (non-hydrogen) atoms. The molecule has 0 radical (unpaired) electrons. The van der Waals surface area contributed by atoms with Gasteiger partial charge in [0.25, 0.3) is 5.91 Å². The van der Waals surface area contributed by atoms with Crippen LogP contribution in [0.5, 0.6) is 0 Å². The van der Waals surface area contributed by atoms with Crippen LogP contribution < -0.4 is 16.4 Å². The molecule has 2 amide bonds. The molecule has 0 spiro atoms. The van der Waals surface area contributed by atoms with Gasteiger partial charge in [-0.15, -0.1) is 12.4 Å². The maximum absolute atomic E-state index is 11.7. The number of nitrogens with two attached hydrogens (primary N) is 1. The molecule has 0 fully saturated rings. The van der Waals surface area contributed by atoms with E-state index in [1.807, 2.05) is 0 Å². The highest BCUT2D eigenvalue weighted by molar-refractivity contribution is 6.32. The number of rotatable bonds is 6. The highest BCUT2D eigenvalue weighted by Crippen LogP contribution is 2.12. The molecule has 9 heteroatoms. The molecular formula is C11H18Cl2N4O3. The van der Waals surface area contributed by atoms with Gasteiger partial charge in [-0.1, -0.05) is 11.6 Å². The molecule has 0 saturated carbocycles. The number of hydrogen-bond acceptors (Lipinski definition) is 4. The van der Waals surface area contributed by atoms with Crippen LogP contribution in [-0.4, -0.2) is 41.9 Å². The molecule has 7 nitrogen and oxygen atoms in total. The Hall–Kier alpha value is -1.41. The summed E-state index contributed by atoms with van der Waals surface area (Å²) in [4.78, 5) is 26.1. The number of nitrogens with one attached hydrogen (secondary N) is 2. The lowest BCUT2D eigenvalue weighted by atomic mass is 10.2. The summed E-state index contributed by atoms with van der Waals surface area (Å²) in [6.07, 6.45) is 0. The van der Waals surface area contributed by atoms with Crippen molar-refractivity contribution in [3.05, 3.63) is 28.5 Å². The molecule has 6 N–H and O–H groups in total. The largest absolute Gasteiger partial charge is 0.412 e. The van der Waals surface area contributed by atoms with E-state index in [0.29, 0.717) is 18.7 Å². The summed E-state index contributed by atoms with van der Waals surface area (Å²) in [6.45, 7) is 2.70. The normalized spacial score (nSPS) is 9.10. The Balaban J connectivity index is 0. The SMILES string of the molecule is Cc1ccc(C(=O)NCCNCC(N)=O)c(Cl)n1.Cl.O. The van der Waals surface area contributed by atoms with E-state index >= 15 is 0 Å². The van der Waals surface area contributed by atoms with Crippen molar-refractivity contribution in [2.45, 2.75) is 6.92 Å². The Bertz CT molecular complexity index is 457. The monoisotopic (exact) mass is 324 g/mol. The number of carbonyl (C=O) groups excluding carboxylic acids is 2. The highest BCUT2D eigenvalue weighted by atomic mass is 35.5. The van der Waals surface area contributed by atoms with Gasteiger partial charge < -0.3 is 21.8 Å². The summed E-state index contributed by atoms with van der Waals surface area (Å²) in [5.74, 6) is -0.736. The number of hydrogen-bond donors (Lipinski definition) is 3. The van der Waals surface area contributed by atoms with Crippen molar-refractivity contribution in [1.82, 2.24) is 15.6 Å². The van der Waals surface area contributed by atoms with Crippen molar-refractivity contribution < 1.29 is 15.1 Å². The lowest BCUT2D eigenvalue weighted by Gasteiger charge is -2.07. The lowest BCUT2D eigenvalue weighted by Crippen LogP contribution is -2.36. The van der Waals surface area contributed by atoms with Crippen molar-refractivity contribution in [3.8, 4) is 0 Å². The lowest BCUT2D eigenvalue weighted by molar-refractivity contribution is -0.117. The van der Waals surface area contributed by atoms with Crippen LogP contribution in [-0.2, 0) is 4.79 Å². The molecule has 1 heterocycles. The van der Waals surface area contributed by atoms with Crippen molar-refractivity contribution in [2.75, 3.05) is 19.6 Å². The van der Waals surface area contributed by atoms with Crippen molar-refractivity contribution in [3.63, 3.8) is 0 Å². The molecule has 0 saturated heterocycles. The Morgan fingerprint density at radius 2 is 2.00 bits per heavy atom. The summed E-state index contributed by atoms with van der Waals surface area (Å²) < 4.78 is 0. The maximum atomic E-state index is 11.7. The van der Waals surface area contributed by atoms with Crippen LogP contribution in [0.3, 0.4) is 0 Å². The van der Waals surface area contributed by atoms with Crippen molar-refractivity contribution in [2.24, 2.45) is 5.73 Å². The van der Waals surface area contributed by atoms with Gasteiger partial charge in [0.1, 0.15) is 5.15 Å². The first-order valence-electron chi connectivity index (χ1n) is 5.41. The number of aromatic nitrogens is 1. The van der Waals surface area contributed by atoms with Crippen LogP contribution in [0.2, 0.25) is 5.15 Å². The summed E-state index contributed by atoms with van der Waals surface area (Å²) in [7, 11) is 0. The Labute approximate surface area is 128 Å². The first-order chi connectivity index (χ1) is 8.50. The smallest absolute Gasteiger partial charge is 0.254 e. The second-order valence-electron chi connectivity index (χ2n) is 3.69. The van der Waals surface area contributed by atoms with Gasteiger partial charge in [0.05, 0.1) is 12.1 Å². The van der Waals surface area contributed by atoms with E-state index in [-0.39, 0.29) is 35.5 Å². The molecule has 0 aliphatic rings. The van der Waals surface area contributed by atoms with Crippen LogP contribution in [0.15, 0.2) is 12.1 Å². The fourth-order valence-electron chi connectivity index (χ4n) is 1.27. The zero-order chi connectivity index (χ0) is 13.5. The number of amides is 2. The minimum atomic E-state index is -0.438. The van der Waals surface area contributed by atoms with Gasteiger partial charge in [0.15, 0.2) is 0 Å². The fourth-order valence-corrected chi connectivity index (χ4v) is 1.55. The Morgan fingerprint density at radius 1 is 1.35 bits per heavy atom. The molecule has 0 unspecified atom stereocenters. The van der Waals surface area contributed by atoms with Gasteiger partial charge in [-0.3, -0.25) is 9.59 Å². The number of halogens is 2. The third-order valence-electron chi connectivity index (χ3n) is 2.12. The third kappa shape index (κ3) is 7.25. The van der Waals surface area contributed by atoms with Crippen molar-refractivity contribution >= 4 is 35.8 Å². The van der Waals surface area contributed by atoms with Crippen LogP contribution in [0.1, 0.15) is 16.1 Å².